The molecule has 150 valence electrons. The molecule has 0 amide bonds. The van der Waals surface area contributed by atoms with Crippen molar-refractivity contribution in [3.05, 3.63) is 59.7 Å². The molecular weight excluding hydrogens is 442 g/mol. The van der Waals surface area contributed by atoms with Crippen LogP contribution < -0.4 is 9.80 Å². The zero-order valence-electron chi connectivity index (χ0n) is 13.7. The largest absolute Gasteiger partial charge is 0.416 e. The third-order valence-corrected chi connectivity index (χ3v) is 5.81. The fourth-order valence-corrected chi connectivity index (χ4v) is 4.10. The smallest absolute Gasteiger partial charge is 0.303 e. The predicted molar refractivity (Wildman–Crippen MR) is 106 cm³/mol. The number of thiol groups is 2. The second-order valence-electron chi connectivity index (χ2n) is 5.94. The molecular formula is C17H12F6N2S3. The molecule has 1 aliphatic rings. The van der Waals surface area contributed by atoms with Crippen LogP contribution in [0.15, 0.2) is 48.5 Å². The number of hydrogen-bond donors (Lipinski definition) is 2. The molecule has 28 heavy (non-hydrogen) atoms. The van der Waals surface area contributed by atoms with Crippen LogP contribution in [0.3, 0.4) is 0 Å². The molecule has 0 N–H and O–H groups in total. The molecule has 1 saturated heterocycles. The minimum absolute atomic E-state index is 0.166. The van der Waals surface area contributed by atoms with Gasteiger partial charge in [0.2, 0.25) is 0 Å². The molecule has 2 unspecified atom stereocenters. The molecule has 2 aromatic rings. The average molecular weight is 454 g/mol. The summed E-state index contributed by atoms with van der Waals surface area (Å²) >= 11 is 14.3. The van der Waals surface area contributed by atoms with Gasteiger partial charge in [-0.15, -0.1) is 0 Å². The fourth-order valence-electron chi connectivity index (χ4n) is 2.76. The van der Waals surface area contributed by atoms with Crippen molar-refractivity contribution in [2.75, 3.05) is 9.80 Å². The van der Waals surface area contributed by atoms with Gasteiger partial charge in [0.05, 0.1) is 11.1 Å². The van der Waals surface area contributed by atoms with Crippen molar-refractivity contribution in [2.45, 2.75) is 23.1 Å². The first-order chi connectivity index (χ1) is 12.9. The average Bonchev–Trinajstić information content (AvgIpc) is 2.83. The van der Waals surface area contributed by atoms with Gasteiger partial charge in [-0.05, 0) is 60.7 Å². The van der Waals surface area contributed by atoms with E-state index in [1.807, 2.05) is 0 Å². The highest BCUT2D eigenvalue weighted by Gasteiger charge is 2.42. The van der Waals surface area contributed by atoms with E-state index in [9.17, 15) is 26.3 Å². The van der Waals surface area contributed by atoms with Crippen molar-refractivity contribution < 1.29 is 26.3 Å². The van der Waals surface area contributed by atoms with Crippen molar-refractivity contribution >= 4 is 54.0 Å². The first-order valence-corrected chi connectivity index (χ1v) is 9.18. The van der Waals surface area contributed by atoms with Crippen LogP contribution in [-0.2, 0) is 12.4 Å². The van der Waals surface area contributed by atoms with Gasteiger partial charge >= 0.3 is 12.4 Å². The SMILES string of the molecule is FC(F)(F)c1ccc(N2C(=S)N(c3ccc(C(F)(F)F)cc3)C(S)C2S)cc1. The molecule has 2 aromatic carbocycles. The molecule has 11 heteroatoms. The first-order valence-electron chi connectivity index (χ1n) is 7.74. The molecule has 0 spiro atoms. The van der Waals surface area contributed by atoms with E-state index < -0.39 is 34.2 Å². The van der Waals surface area contributed by atoms with E-state index in [-0.39, 0.29) is 5.11 Å². The van der Waals surface area contributed by atoms with Crippen molar-refractivity contribution in [1.29, 1.82) is 0 Å². The molecule has 2 nitrogen and oxygen atoms in total. The maximum Gasteiger partial charge on any atom is 0.416 e. The summed E-state index contributed by atoms with van der Waals surface area (Å²) in [5.41, 5.74) is -0.879. The van der Waals surface area contributed by atoms with E-state index >= 15 is 0 Å². The third-order valence-electron chi connectivity index (χ3n) is 4.15. The van der Waals surface area contributed by atoms with Gasteiger partial charge in [0, 0.05) is 11.4 Å². The highest BCUT2D eigenvalue weighted by molar-refractivity contribution is 7.86. The summed E-state index contributed by atoms with van der Waals surface area (Å²) in [6.07, 6.45) is -8.94. The number of alkyl halides is 6. The molecule has 0 bridgehead atoms. The molecule has 1 heterocycles. The Morgan fingerprint density at radius 3 is 1.18 bits per heavy atom. The quantitative estimate of drug-likeness (QED) is 0.334. The fraction of sp³-hybridized carbons (Fsp3) is 0.235. The van der Waals surface area contributed by atoms with Gasteiger partial charge in [-0.3, -0.25) is 0 Å². The summed E-state index contributed by atoms with van der Waals surface area (Å²) in [4.78, 5) is 2.99. The Bertz CT molecular complexity index is 793. The number of nitrogens with zero attached hydrogens (tertiary/aromatic N) is 2. The predicted octanol–water partition coefficient (Wildman–Crippen LogP) is 5.85. The molecule has 2 atom stereocenters. The van der Waals surface area contributed by atoms with Crippen LogP contribution in [0, 0.1) is 0 Å². The normalized spacial score (nSPS) is 20.8. The van der Waals surface area contributed by atoms with Crippen LogP contribution in [0.1, 0.15) is 11.1 Å². The maximum absolute atomic E-state index is 12.8. The monoisotopic (exact) mass is 454 g/mol. The van der Waals surface area contributed by atoms with E-state index in [2.05, 4.69) is 25.3 Å². The number of rotatable bonds is 2. The first kappa shape index (κ1) is 21.1. The Kier molecular flexibility index (Phi) is 5.54. The minimum atomic E-state index is -4.47. The van der Waals surface area contributed by atoms with Crippen molar-refractivity contribution in [3.63, 3.8) is 0 Å². The lowest BCUT2D eigenvalue weighted by molar-refractivity contribution is -0.138. The number of thiocarbonyl (C=S) groups is 1. The molecule has 0 aliphatic carbocycles. The Labute approximate surface area is 172 Å². The van der Waals surface area contributed by atoms with Gasteiger partial charge < -0.3 is 9.80 Å². The van der Waals surface area contributed by atoms with E-state index in [1.165, 1.54) is 34.1 Å². The van der Waals surface area contributed by atoms with Gasteiger partial charge in [0.25, 0.3) is 0 Å². The summed E-state index contributed by atoms with van der Waals surface area (Å²) in [7, 11) is 0. The van der Waals surface area contributed by atoms with Gasteiger partial charge in [-0.2, -0.15) is 51.6 Å². The van der Waals surface area contributed by atoms with E-state index in [0.717, 1.165) is 24.3 Å². The highest BCUT2D eigenvalue weighted by atomic mass is 32.1. The molecule has 0 radical (unpaired) electrons. The Balaban J connectivity index is 1.90. The van der Waals surface area contributed by atoms with Crippen LogP contribution in [0.5, 0.6) is 0 Å². The van der Waals surface area contributed by atoms with Gasteiger partial charge in [0.1, 0.15) is 10.7 Å². The van der Waals surface area contributed by atoms with Gasteiger partial charge in [-0.1, -0.05) is 0 Å². The lowest BCUT2D eigenvalue weighted by atomic mass is 10.2. The maximum atomic E-state index is 12.8. The number of hydrogen-bond acceptors (Lipinski definition) is 3. The molecule has 1 fully saturated rings. The lowest BCUT2D eigenvalue weighted by Crippen LogP contribution is -2.33. The molecule has 1 aliphatic heterocycles. The summed E-state index contributed by atoms with van der Waals surface area (Å²) in [6, 6.07) is 8.73. The summed E-state index contributed by atoms with van der Waals surface area (Å²) in [5, 5.41) is -1.09. The zero-order chi connectivity index (χ0) is 20.9. The topological polar surface area (TPSA) is 6.48 Å². The van der Waals surface area contributed by atoms with Crippen LogP contribution in [0.25, 0.3) is 0 Å². The van der Waals surface area contributed by atoms with Crippen LogP contribution >= 0.6 is 37.5 Å². The van der Waals surface area contributed by atoms with Crippen LogP contribution in [-0.4, -0.2) is 15.9 Å². The number of anilines is 2. The molecule has 0 saturated carbocycles. The zero-order valence-corrected chi connectivity index (χ0v) is 16.3. The second kappa shape index (κ2) is 7.34. The number of benzene rings is 2. The van der Waals surface area contributed by atoms with E-state index in [4.69, 9.17) is 12.2 Å². The van der Waals surface area contributed by atoms with Crippen molar-refractivity contribution in [2.24, 2.45) is 0 Å². The van der Waals surface area contributed by atoms with Gasteiger partial charge in [-0.25, -0.2) is 0 Å². The van der Waals surface area contributed by atoms with E-state index in [1.54, 1.807) is 0 Å². The summed E-state index contributed by atoms with van der Waals surface area (Å²) in [5.74, 6) is 0. The Morgan fingerprint density at radius 2 is 0.929 bits per heavy atom. The standard InChI is InChI=1S/C17H12F6N2S3/c18-16(19,20)9-1-5-11(6-2-9)24-13(26)14(27)25(15(24)28)12-7-3-10(4-8-12)17(21,22)23/h1-8,13-14,26-27H. The minimum Gasteiger partial charge on any atom is -0.303 e. The number of halogens is 6. The van der Waals surface area contributed by atoms with Gasteiger partial charge in [0.15, 0.2) is 5.11 Å². The van der Waals surface area contributed by atoms with Crippen molar-refractivity contribution in [1.82, 2.24) is 0 Å². The van der Waals surface area contributed by atoms with Crippen molar-refractivity contribution in [3.8, 4) is 0 Å². The Morgan fingerprint density at radius 1 is 0.643 bits per heavy atom. The molecule has 3 rings (SSSR count). The highest BCUT2D eigenvalue weighted by Crippen LogP contribution is 2.39. The summed E-state index contributed by atoms with van der Waals surface area (Å²) < 4.78 is 76.5. The Hall–Kier alpha value is -1.59. The van der Waals surface area contributed by atoms with Crippen LogP contribution in [0.4, 0.5) is 37.7 Å². The summed E-state index contributed by atoms with van der Waals surface area (Å²) in [6.45, 7) is 0. The van der Waals surface area contributed by atoms with E-state index in [0.29, 0.717) is 11.4 Å². The van der Waals surface area contributed by atoms with Crippen LogP contribution in [0.2, 0.25) is 0 Å². The second-order valence-corrected chi connectivity index (χ2v) is 7.36. The molecule has 0 aromatic heterocycles. The lowest BCUT2D eigenvalue weighted by Gasteiger charge is -2.24. The third kappa shape index (κ3) is 3.92.